The molecule has 1 aromatic carbocycles. The Balaban J connectivity index is 1.66. The van der Waals surface area contributed by atoms with Crippen LogP contribution in [-0.2, 0) is 9.47 Å². The highest BCUT2D eigenvalue weighted by molar-refractivity contribution is 5.63. The summed E-state index contributed by atoms with van der Waals surface area (Å²) < 4.78 is 11.9. The van der Waals surface area contributed by atoms with Gasteiger partial charge in [-0.3, -0.25) is 4.98 Å². The molecule has 4 heteroatoms. The topological polar surface area (TPSA) is 51.6 Å². The number of rotatable bonds is 2. The van der Waals surface area contributed by atoms with Gasteiger partial charge in [0.2, 0.25) is 0 Å². The van der Waals surface area contributed by atoms with Gasteiger partial charge in [0.1, 0.15) is 6.10 Å². The van der Waals surface area contributed by atoms with E-state index in [1.54, 1.807) is 6.20 Å². The molecule has 0 bridgehead atoms. The number of hydrogen-bond acceptors (Lipinski definition) is 4. The fourth-order valence-corrected chi connectivity index (χ4v) is 3.76. The number of aliphatic hydroxyl groups excluding tert-OH is 1. The average Bonchev–Trinajstić information content (AvgIpc) is 3.03. The van der Waals surface area contributed by atoms with Gasteiger partial charge < -0.3 is 14.6 Å². The summed E-state index contributed by atoms with van der Waals surface area (Å²) >= 11 is 0. The molecule has 1 aromatic heterocycles. The summed E-state index contributed by atoms with van der Waals surface area (Å²) in [6.45, 7) is 3.81. The molecule has 1 saturated heterocycles. The van der Waals surface area contributed by atoms with E-state index in [4.69, 9.17) is 9.47 Å². The summed E-state index contributed by atoms with van der Waals surface area (Å²) in [4.78, 5) is 4.19. The highest BCUT2D eigenvalue weighted by Crippen LogP contribution is 2.46. The Bertz CT molecular complexity index is 701. The quantitative estimate of drug-likeness (QED) is 0.926. The van der Waals surface area contributed by atoms with Crippen LogP contribution in [-0.4, -0.2) is 34.2 Å². The van der Waals surface area contributed by atoms with Gasteiger partial charge in [0.25, 0.3) is 0 Å². The summed E-state index contributed by atoms with van der Waals surface area (Å²) in [6.07, 6.45) is 3.50. The third-order valence-corrected chi connectivity index (χ3v) is 4.74. The third kappa shape index (κ3) is 2.67. The number of ether oxygens (including phenoxy) is 2. The predicted molar refractivity (Wildman–Crippen MR) is 86.9 cm³/mol. The molecule has 1 saturated carbocycles. The smallest absolute Gasteiger partial charge is 0.163 e. The van der Waals surface area contributed by atoms with Gasteiger partial charge in [0, 0.05) is 18.3 Å². The first-order valence-electron chi connectivity index (χ1n) is 8.07. The van der Waals surface area contributed by atoms with E-state index in [1.165, 1.54) is 5.56 Å². The van der Waals surface area contributed by atoms with Gasteiger partial charge in [-0.25, -0.2) is 0 Å². The number of pyridine rings is 1. The standard InChI is InChI=1S/C19H21NO3/c1-19(2)22-17-15(10-16(21)18(17)23-19)13-6-3-5-12(9-13)14-7-4-8-20-11-14/h3-9,11,15-18,21H,10H2,1-2H3/t15-,16+,17-,18+/m1/s1. The first kappa shape index (κ1) is 14.8. The monoisotopic (exact) mass is 311 g/mol. The van der Waals surface area contributed by atoms with Crippen molar-refractivity contribution in [3.05, 3.63) is 54.4 Å². The number of aliphatic hydroxyl groups is 1. The van der Waals surface area contributed by atoms with E-state index in [1.807, 2.05) is 26.1 Å². The second kappa shape index (κ2) is 5.41. The van der Waals surface area contributed by atoms with Crippen LogP contribution in [0, 0.1) is 0 Å². The molecule has 0 spiro atoms. The molecule has 2 heterocycles. The Morgan fingerprint density at radius 3 is 2.65 bits per heavy atom. The Hall–Kier alpha value is -1.75. The first-order valence-corrected chi connectivity index (χ1v) is 8.07. The van der Waals surface area contributed by atoms with Crippen LogP contribution in [0.15, 0.2) is 48.8 Å². The molecule has 2 fully saturated rings. The summed E-state index contributed by atoms with van der Waals surface area (Å²) in [5, 5.41) is 10.3. The van der Waals surface area contributed by atoms with Gasteiger partial charge in [-0.1, -0.05) is 30.3 Å². The molecular formula is C19H21NO3. The lowest BCUT2D eigenvalue weighted by Crippen LogP contribution is -2.28. The average molecular weight is 311 g/mol. The minimum absolute atomic E-state index is 0.0934. The highest BCUT2D eigenvalue weighted by atomic mass is 16.8. The molecule has 0 amide bonds. The number of benzene rings is 1. The molecule has 4 nitrogen and oxygen atoms in total. The fourth-order valence-electron chi connectivity index (χ4n) is 3.76. The van der Waals surface area contributed by atoms with Crippen molar-refractivity contribution in [1.29, 1.82) is 0 Å². The maximum Gasteiger partial charge on any atom is 0.163 e. The maximum atomic E-state index is 10.3. The Morgan fingerprint density at radius 2 is 1.87 bits per heavy atom. The Morgan fingerprint density at radius 1 is 1.09 bits per heavy atom. The Kier molecular flexibility index (Phi) is 3.48. The van der Waals surface area contributed by atoms with Gasteiger partial charge in [0.15, 0.2) is 5.79 Å². The van der Waals surface area contributed by atoms with Crippen molar-refractivity contribution in [3.8, 4) is 11.1 Å². The van der Waals surface area contributed by atoms with E-state index in [9.17, 15) is 5.11 Å². The van der Waals surface area contributed by atoms with Gasteiger partial charge in [-0.2, -0.15) is 0 Å². The molecule has 23 heavy (non-hydrogen) atoms. The number of nitrogens with zero attached hydrogens (tertiary/aromatic N) is 1. The van der Waals surface area contributed by atoms with Crippen molar-refractivity contribution >= 4 is 0 Å². The lowest BCUT2D eigenvalue weighted by atomic mass is 9.92. The number of hydrogen-bond donors (Lipinski definition) is 1. The molecule has 1 aliphatic heterocycles. The minimum Gasteiger partial charge on any atom is -0.390 e. The molecule has 4 atom stereocenters. The maximum absolute atomic E-state index is 10.3. The summed E-state index contributed by atoms with van der Waals surface area (Å²) in [5.74, 6) is -0.482. The third-order valence-electron chi connectivity index (χ3n) is 4.74. The molecule has 2 aromatic rings. The zero-order valence-corrected chi connectivity index (χ0v) is 13.3. The molecule has 0 unspecified atom stereocenters. The van der Waals surface area contributed by atoms with E-state index < -0.39 is 11.9 Å². The molecular weight excluding hydrogens is 290 g/mol. The van der Waals surface area contributed by atoms with Gasteiger partial charge in [0.05, 0.1) is 12.2 Å². The zero-order valence-electron chi connectivity index (χ0n) is 13.3. The molecule has 0 radical (unpaired) electrons. The number of fused-ring (bicyclic) bond motifs is 1. The summed E-state index contributed by atoms with van der Waals surface area (Å²) in [6, 6.07) is 12.4. The van der Waals surface area contributed by atoms with Crippen molar-refractivity contribution in [2.45, 2.75) is 50.3 Å². The first-order chi connectivity index (χ1) is 11.0. The fraction of sp³-hybridized carbons (Fsp3) is 0.421. The van der Waals surface area contributed by atoms with E-state index >= 15 is 0 Å². The van der Waals surface area contributed by atoms with Crippen LogP contribution in [0.1, 0.15) is 31.7 Å². The number of aromatic nitrogens is 1. The van der Waals surface area contributed by atoms with Crippen LogP contribution in [0.2, 0.25) is 0 Å². The second-order valence-electron chi connectivity index (χ2n) is 6.84. The van der Waals surface area contributed by atoms with Gasteiger partial charge in [-0.15, -0.1) is 0 Å². The van der Waals surface area contributed by atoms with Crippen molar-refractivity contribution < 1.29 is 14.6 Å². The zero-order chi connectivity index (χ0) is 16.0. The molecule has 1 aliphatic carbocycles. The van der Waals surface area contributed by atoms with Crippen molar-refractivity contribution in [2.75, 3.05) is 0 Å². The summed E-state index contributed by atoms with van der Waals surface area (Å²) in [5.41, 5.74) is 3.40. The van der Waals surface area contributed by atoms with Crippen LogP contribution in [0.4, 0.5) is 0 Å². The van der Waals surface area contributed by atoms with Crippen LogP contribution >= 0.6 is 0 Å². The highest BCUT2D eigenvalue weighted by Gasteiger charge is 2.53. The van der Waals surface area contributed by atoms with Crippen LogP contribution < -0.4 is 0 Å². The molecule has 1 N–H and O–H groups in total. The van der Waals surface area contributed by atoms with Crippen molar-refractivity contribution in [2.24, 2.45) is 0 Å². The molecule has 4 rings (SSSR count). The van der Waals surface area contributed by atoms with Crippen molar-refractivity contribution in [3.63, 3.8) is 0 Å². The second-order valence-corrected chi connectivity index (χ2v) is 6.84. The largest absolute Gasteiger partial charge is 0.390 e. The van der Waals surface area contributed by atoms with E-state index in [-0.39, 0.29) is 18.1 Å². The SMILES string of the molecule is CC1(C)O[C@@H]2[C@H](O1)[C@@H](c1cccc(-c3cccnc3)c1)C[C@@H]2O. The minimum atomic E-state index is -0.629. The van der Waals surface area contributed by atoms with Crippen LogP contribution in [0.3, 0.4) is 0 Å². The van der Waals surface area contributed by atoms with Gasteiger partial charge in [-0.05, 0) is 43.0 Å². The molecule has 2 aliphatic rings. The lowest BCUT2D eigenvalue weighted by Gasteiger charge is -2.22. The van der Waals surface area contributed by atoms with Crippen molar-refractivity contribution in [1.82, 2.24) is 4.98 Å². The van der Waals surface area contributed by atoms with E-state index in [0.717, 1.165) is 11.1 Å². The summed E-state index contributed by atoms with van der Waals surface area (Å²) in [7, 11) is 0. The van der Waals surface area contributed by atoms with E-state index in [2.05, 4.69) is 35.3 Å². The van der Waals surface area contributed by atoms with Crippen LogP contribution in [0.25, 0.3) is 11.1 Å². The predicted octanol–water partition coefficient (Wildman–Crippen LogP) is 3.12. The normalized spacial score (nSPS) is 32.0. The van der Waals surface area contributed by atoms with Gasteiger partial charge >= 0.3 is 0 Å². The molecule has 120 valence electrons. The lowest BCUT2D eigenvalue weighted by molar-refractivity contribution is -0.163. The van der Waals surface area contributed by atoms with E-state index in [0.29, 0.717) is 6.42 Å². The Labute approximate surface area is 136 Å². The van der Waals surface area contributed by atoms with Crippen LogP contribution in [0.5, 0.6) is 0 Å².